The van der Waals surface area contributed by atoms with Crippen molar-refractivity contribution in [3.8, 4) is 0 Å². The summed E-state index contributed by atoms with van der Waals surface area (Å²) in [4.78, 5) is 39.0. The lowest BCUT2D eigenvalue weighted by atomic mass is 9.90. The highest BCUT2D eigenvalue weighted by atomic mass is 16.7. The van der Waals surface area contributed by atoms with Gasteiger partial charge in [0, 0.05) is 30.1 Å². The number of carbonyl (C=O) groups is 3. The molecule has 2 unspecified atom stereocenters. The highest BCUT2D eigenvalue weighted by Crippen LogP contribution is 2.32. The van der Waals surface area contributed by atoms with Crippen LogP contribution in [0.3, 0.4) is 0 Å². The van der Waals surface area contributed by atoms with E-state index >= 15 is 0 Å². The van der Waals surface area contributed by atoms with E-state index in [1.54, 1.807) is 6.92 Å². The van der Waals surface area contributed by atoms with Gasteiger partial charge in [-0.25, -0.2) is 14.4 Å². The molecule has 4 rings (SSSR count). The smallest absolute Gasteiger partial charge is 0.412 e. The summed E-state index contributed by atoms with van der Waals surface area (Å²) in [5.41, 5.74) is 7.56. The zero-order valence-electron chi connectivity index (χ0n) is 27.6. The van der Waals surface area contributed by atoms with Crippen LogP contribution in [0.15, 0.2) is 54.6 Å². The van der Waals surface area contributed by atoms with Crippen LogP contribution in [0.2, 0.25) is 0 Å². The second-order valence-electron chi connectivity index (χ2n) is 12.0. The minimum Gasteiger partial charge on any atom is -0.447 e. The molecule has 3 aromatic carbocycles. The Morgan fingerprint density at radius 3 is 1.37 bits per heavy atom. The Hall–Kier alpha value is -4.61. The third-order valence-corrected chi connectivity index (χ3v) is 7.51. The highest BCUT2D eigenvalue weighted by molar-refractivity contribution is 5.86. The Morgan fingerprint density at radius 1 is 0.609 bits per heavy atom. The van der Waals surface area contributed by atoms with Crippen LogP contribution < -0.4 is 16.0 Å². The molecule has 0 bridgehead atoms. The number of hydrogen-bond acceptors (Lipinski definition) is 8. The predicted octanol–water partition coefficient (Wildman–Crippen LogP) is 7.33. The van der Waals surface area contributed by atoms with Crippen molar-refractivity contribution in [1.29, 1.82) is 0 Å². The summed E-state index contributed by atoms with van der Waals surface area (Å²) in [7, 11) is 1.39. The number of hydrogen-bond donors (Lipinski definition) is 3. The summed E-state index contributed by atoms with van der Waals surface area (Å²) < 4.78 is 28.9. The van der Waals surface area contributed by atoms with E-state index in [2.05, 4.69) is 16.0 Å². The summed E-state index contributed by atoms with van der Waals surface area (Å²) in [6.45, 7) is 13.1. The van der Waals surface area contributed by atoms with E-state index in [9.17, 15) is 14.4 Å². The second-order valence-corrected chi connectivity index (χ2v) is 12.0. The maximum Gasteiger partial charge on any atom is 0.412 e. The van der Waals surface area contributed by atoms with Crippen LogP contribution in [-0.4, -0.2) is 56.6 Å². The number of rotatable bonds is 8. The number of aryl methyl sites for hydroxylation is 6. The Bertz CT molecular complexity index is 1510. The van der Waals surface area contributed by atoms with Crippen LogP contribution in [0, 0.1) is 47.5 Å². The summed E-state index contributed by atoms with van der Waals surface area (Å²) in [6.07, 6.45) is -6.31. The Morgan fingerprint density at radius 2 is 0.978 bits per heavy atom. The van der Waals surface area contributed by atoms with Gasteiger partial charge in [-0.05, 0) is 111 Å². The normalized spacial score (nSPS) is 20.7. The van der Waals surface area contributed by atoms with Gasteiger partial charge in [0.2, 0.25) is 0 Å². The number of anilines is 3. The first-order valence-corrected chi connectivity index (χ1v) is 15.1. The predicted molar refractivity (Wildman–Crippen MR) is 175 cm³/mol. The van der Waals surface area contributed by atoms with Gasteiger partial charge in [0.25, 0.3) is 0 Å². The first kappa shape index (κ1) is 34.3. The van der Waals surface area contributed by atoms with Crippen LogP contribution in [0.25, 0.3) is 0 Å². The molecule has 3 N–H and O–H groups in total. The maximum absolute atomic E-state index is 13.2. The first-order valence-electron chi connectivity index (χ1n) is 15.1. The molecule has 46 heavy (non-hydrogen) atoms. The molecule has 0 aromatic heterocycles. The summed E-state index contributed by atoms with van der Waals surface area (Å²) in [5, 5.41) is 8.22. The van der Waals surface area contributed by atoms with Crippen molar-refractivity contribution in [2.45, 2.75) is 73.1 Å². The van der Waals surface area contributed by atoms with Gasteiger partial charge in [-0.15, -0.1) is 0 Å². The average Bonchev–Trinajstić information content (AvgIpc) is 2.92. The van der Waals surface area contributed by atoms with Crippen LogP contribution in [0.5, 0.6) is 0 Å². The van der Waals surface area contributed by atoms with E-state index in [0.29, 0.717) is 17.1 Å². The van der Waals surface area contributed by atoms with E-state index in [1.165, 1.54) is 7.11 Å². The monoisotopic (exact) mass is 633 g/mol. The summed E-state index contributed by atoms with van der Waals surface area (Å²) in [5.74, 6) is -0.593. The molecular weight excluding hydrogens is 590 g/mol. The quantitative estimate of drug-likeness (QED) is 0.220. The van der Waals surface area contributed by atoms with Crippen molar-refractivity contribution in [2.75, 3.05) is 29.7 Å². The zero-order chi connectivity index (χ0) is 33.5. The molecule has 1 heterocycles. The SMILES string of the molecule is CO[C@@H]1OC(COC(=O)Nc2cc(C)cc(C)c2)[C@@H](C)[C@H](OC(=O)Nc2cc(C)cc(C)c2)C1OC(=O)Nc1cc(C)cc(C)c1. The molecular formula is C35H43N3O8. The molecule has 1 fully saturated rings. The van der Waals surface area contributed by atoms with Crippen LogP contribution >= 0.6 is 0 Å². The minimum atomic E-state index is -1.16. The molecule has 0 aliphatic carbocycles. The average molecular weight is 634 g/mol. The molecule has 246 valence electrons. The number of nitrogens with one attached hydrogen (secondary N) is 3. The number of benzene rings is 3. The largest absolute Gasteiger partial charge is 0.447 e. The van der Waals surface area contributed by atoms with Crippen molar-refractivity contribution in [1.82, 2.24) is 0 Å². The molecule has 1 aliphatic heterocycles. The summed E-state index contributed by atoms with van der Waals surface area (Å²) in [6, 6.07) is 16.9. The van der Waals surface area contributed by atoms with E-state index in [-0.39, 0.29) is 6.61 Å². The van der Waals surface area contributed by atoms with Crippen molar-refractivity contribution >= 4 is 35.3 Å². The van der Waals surface area contributed by atoms with Gasteiger partial charge in [-0.2, -0.15) is 0 Å². The van der Waals surface area contributed by atoms with Gasteiger partial charge in [0.1, 0.15) is 12.7 Å². The van der Waals surface area contributed by atoms with Crippen molar-refractivity contribution < 1.29 is 38.1 Å². The maximum atomic E-state index is 13.2. The minimum absolute atomic E-state index is 0.183. The third-order valence-electron chi connectivity index (χ3n) is 7.51. The Balaban J connectivity index is 1.51. The molecule has 5 atom stereocenters. The standard InChI is InChI=1S/C35H43N3O8/c1-19-9-20(2)13-26(12-19)36-33(39)43-18-29-25(7)30(45-34(40)37-27-14-21(3)10-22(4)15-27)31(32(42-8)44-29)46-35(41)38-28-16-23(5)11-24(6)17-28/h9-17,25,29-32H,18H2,1-8H3,(H,36,39)(H,37,40)(H,38,41)/t25-,29?,30+,31?,32-/m1/s1. The molecule has 11 nitrogen and oxygen atoms in total. The molecule has 0 radical (unpaired) electrons. The number of methoxy groups -OCH3 is 1. The highest BCUT2D eigenvalue weighted by Gasteiger charge is 2.49. The van der Waals surface area contributed by atoms with E-state index in [4.69, 9.17) is 23.7 Å². The fourth-order valence-electron chi connectivity index (χ4n) is 5.71. The number of amides is 3. The molecule has 0 saturated carbocycles. The molecule has 3 amide bonds. The van der Waals surface area contributed by atoms with E-state index in [0.717, 1.165) is 33.4 Å². The second kappa shape index (κ2) is 15.1. The lowest BCUT2D eigenvalue weighted by Crippen LogP contribution is -2.58. The lowest BCUT2D eigenvalue weighted by Gasteiger charge is -2.43. The summed E-state index contributed by atoms with van der Waals surface area (Å²) >= 11 is 0. The van der Waals surface area contributed by atoms with E-state index in [1.807, 2.05) is 96.1 Å². The third kappa shape index (κ3) is 9.45. The number of carbonyl (C=O) groups excluding carboxylic acids is 3. The van der Waals surface area contributed by atoms with Gasteiger partial charge in [0.15, 0.2) is 18.5 Å². The fraction of sp³-hybridized carbons (Fsp3) is 0.400. The van der Waals surface area contributed by atoms with Gasteiger partial charge in [0.05, 0.1) is 0 Å². The van der Waals surface area contributed by atoms with Crippen LogP contribution in [-0.2, 0) is 23.7 Å². The molecule has 0 spiro atoms. The van der Waals surface area contributed by atoms with E-state index < -0.39 is 48.8 Å². The Labute approximate surface area is 269 Å². The fourth-order valence-corrected chi connectivity index (χ4v) is 5.71. The lowest BCUT2D eigenvalue weighted by molar-refractivity contribution is -0.277. The molecule has 1 aliphatic rings. The zero-order valence-corrected chi connectivity index (χ0v) is 27.6. The van der Waals surface area contributed by atoms with Gasteiger partial charge in [-0.1, -0.05) is 25.1 Å². The van der Waals surface area contributed by atoms with Crippen molar-refractivity contribution in [3.63, 3.8) is 0 Å². The molecule has 1 saturated heterocycles. The molecule has 11 heteroatoms. The Kier molecular flexibility index (Phi) is 11.3. The van der Waals surface area contributed by atoms with Crippen LogP contribution in [0.4, 0.5) is 31.4 Å². The number of ether oxygens (including phenoxy) is 5. The first-order chi connectivity index (χ1) is 21.8. The van der Waals surface area contributed by atoms with Crippen molar-refractivity contribution in [3.05, 3.63) is 88.0 Å². The van der Waals surface area contributed by atoms with Gasteiger partial charge < -0.3 is 23.7 Å². The topological polar surface area (TPSA) is 133 Å². The molecule has 3 aromatic rings. The van der Waals surface area contributed by atoms with Gasteiger partial charge in [-0.3, -0.25) is 16.0 Å². The van der Waals surface area contributed by atoms with Crippen LogP contribution in [0.1, 0.15) is 40.3 Å². The van der Waals surface area contributed by atoms with Gasteiger partial charge >= 0.3 is 18.3 Å². The van der Waals surface area contributed by atoms with Crippen molar-refractivity contribution in [2.24, 2.45) is 5.92 Å².